The van der Waals surface area contributed by atoms with Crippen molar-refractivity contribution < 1.29 is 19.4 Å². The number of nitrogens with one attached hydrogen (secondary N) is 1. The zero-order valence-electron chi connectivity index (χ0n) is 13.0. The number of aliphatic carboxylic acids is 1. The molecule has 0 aromatic heterocycles. The maximum Gasteiger partial charge on any atom is 0.317 e. The summed E-state index contributed by atoms with van der Waals surface area (Å²) >= 11 is 0. The highest BCUT2D eigenvalue weighted by molar-refractivity contribution is 5.74. The Morgan fingerprint density at radius 3 is 2.64 bits per heavy atom. The molecule has 2 amide bonds. The van der Waals surface area contributed by atoms with Gasteiger partial charge in [-0.3, -0.25) is 4.79 Å². The van der Waals surface area contributed by atoms with Crippen LogP contribution in [-0.4, -0.2) is 55.4 Å². The standard InChI is InChI=1S/C16H24N2O4/c1-18(11-8-15(19)20)16(21)17-10-5-12-22-13-9-14-6-3-2-4-7-14/h2-4,6-7H,5,8-13H2,1H3,(H,17,21)(H,19,20). The molecule has 0 radical (unpaired) electrons. The molecule has 0 aliphatic carbocycles. The molecule has 6 nitrogen and oxygen atoms in total. The number of amides is 2. The third-order valence-electron chi connectivity index (χ3n) is 3.13. The van der Waals surface area contributed by atoms with Crippen molar-refractivity contribution in [1.29, 1.82) is 0 Å². The van der Waals surface area contributed by atoms with E-state index >= 15 is 0 Å². The number of ether oxygens (including phenoxy) is 1. The molecule has 0 unspecified atom stereocenters. The highest BCUT2D eigenvalue weighted by Gasteiger charge is 2.08. The lowest BCUT2D eigenvalue weighted by Crippen LogP contribution is -2.39. The fourth-order valence-corrected chi connectivity index (χ4v) is 1.81. The van der Waals surface area contributed by atoms with Crippen molar-refractivity contribution >= 4 is 12.0 Å². The van der Waals surface area contributed by atoms with Gasteiger partial charge in [-0.15, -0.1) is 0 Å². The van der Waals surface area contributed by atoms with Crippen LogP contribution in [-0.2, 0) is 16.0 Å². The number of hydrogen-bond donors (Lipinski definition) is 2. The minimum Gasteiger partial charge on any atom is -0.481 e. The normalized spacial score (nSPS) is 10.2. The molecule has 122 valence electrons. The molecule has 0 aliphatic heterocycles. The van der Waals surface area contributed by atoms with Crippen molar-refractivity contribution in [1.82, 2.24) is 10.2 Å². The molecule has 0 aliphatic rings. The molecule has 0 heterocycles. The lowest BCUT2D eigenvalue weighted by molar-refractivity contribution is -0.137. The van der Waals surface area contributed by atoms with E-state index in [1.54, 1.807) is 7.05 Å². The number of nitrogens with zero attached hydrogens (tertiary/aromatic N) is 1. The maximum absolute atomic E-state index is 11.6. The lowest BCUT2D eigenvalue weighted by atomic mass is 10.2. The molecule has 0 atom stereocenters. The van der Waals surface area contributed by atoms with E-state index in [1.807, 2.05) is 18.2 Å². The fraction of sp³-hybridized carbons (Fsp3) is 0.500. The first kappa shape index (κ1) is 18.0. The van der Waals surface area contributed by atoms with Gasteiger partial charge in [-0.1, -0.05) is 30.3 Å². The minimum absolute atomic E-state index is 0.0491. The van der Waals surface area contributed by atoms with Gasteiger partial charge in [-0.25, -0.2) is 4.79 Å². The van der Waals surface area contributed by atoms with Crippen molar-refractivity contribution in [3.63, 3.8) is 0 Å². The molecule has 0 saturated carbocycles. The average molecular weight is 308 g/mol. The van der Waals surface area contributed by atoms with Gasteiger partial charge in [0.2, 0.25) is 0 Å². The van der Waals surface area contributed by atoms with E-state index in [0.717, 1.165) is 12.8 Å². The summed E-state index contributed by atoms with van der Waals surface area (Å²) in [6.45, 7) is 1.97. The minimum atomic E-state index is -0.911. The summed E-state index contributed by atoms with van der Waals surface area (Å²) in [4.78, 5) is 23.4. The molecule has 22 heavy (non-hydrogen) atoms. The second-order valence-corrected chi connectivity index (χ2v) is 5.00. The Hall–Kier alpha value is -2.08. The summed E-state index contributed by atoms with van der Waals surface area (Å²) < 4.78 is 5.52. The monoisotopic (exact) mass is 308 g/mol. The quantitative estimate of drug-likeness (QED) is 0.646. The zero-order chi connectivity index (χ0) is 16.2. The van der Waals surface area contributed by atoms with Crippen molar-refractivity contribution in [2.45, 2.75) is 19.3 Å². The molecule has 0 fully saturated rings. The van der Waals surface area contributed by atoms with Gasteiger partial charge in [0.25, 0.3) is 0 Å². The predicted octanol–water partition coefficient (Wildman–Crippen LogP) is 1.75. The Labute approximate surface area is 131 Å². The Morgan fingerprint density at radius 2 is 1.95 bits per heavy atom. The van der Waals surface area contributed by atoms with Crippen molar-refractivity contribution in [3.05, 3.63) is 35.9 Å². The first-order valence-electron chi connectivity index (χ1n) is 7.42. The van der Waals surface area contributed by atoms with E-state index in [-0.39, 0.29) is 19.0 Å². The Bertz CT molecular complexity index is 451. The number of rotatable bonds is 10. The van der Waals surface area contributed by atoms with Gasteiger partial charge in [-0.2, -0.15) is 0 Å². The molecule has 0 saturated heterocycles. The predicted molar refractivity (Wildman–Crippen MR) is 83.9 cm³/mol. The van der Waals surface area contributed by atoms with Gasteiger partial charge in [0.05, 0.1) is 13.0 Å². The van der Waals surface area contributed by atoms with Crippen LogP contribution in [0.2, 0.25) is 0 Å². The van der Waals surface area contributed by atoms with E-state index in [9.17, 15) is 9.59 Å². The van der Waals surface area contributed by atoms with E-state index in [4.69, 9.17) is 9.84 Å². The summed E-state index contributed by atoms with van der Waals surface area (Å²) in [6, 6.07) is 9.87. The van der Waals surface area contributed by atoms with Gasteiger partial charge < -0.3 is 20.1 Å². The van der Waals surface area contributed by atoms with Crippen LogP contribution in [0.4, 0.5) is 4.79 Å². The Balaban J connectivity index is 1.98. The Kier molecular flexibility index (Phi) is 8.67. The highest BCUT2D eigenvalue weighted by atomic mass is 16.5. The largest absolute Gasteiger partial charge is 0.481 e. The number of carbonyl (C=O) groups excluding carboxylic acids is 1. The SMILES string of the molecule is CN(CCC(=O)O)C(=O)NCCCOCCc1ccccc1. The van der Waals surface area contributed by atoms with Gasteiger partial charge in [0.15, 0.2) is 0 Å². The van der Waals surface area contributed by atoms with Crippen LogP contribution in [0.1, 0.15) is 18.4 Å². The zero-order valence-corrected chi connectivity index (χ0v) is 13.0. The third-order valence-corrected chi connectivity index (χ3v) is 3.13. The number of carboxylic acids is 1. The second-order valence-electron chi connectivity index (χ2n) is 5.00. The average Bonchev–Trinajstić information content (AvgIpc) is 2.52. The topological polar surface area (TPSA) is 78.9 Å². The first-order valence-corrected chi connectivity index (χ1v) is 7.42. The van der Waals surface area contributed by atoms with E-state index in [2.05, 4.69) is 17.4 Å². The van der Waals surface area contributed by atoms with Crippen molar-refractivity contribution in [2.24, 2.45) is 0 Å². The first-order chi connectivity index (χ1) is 10.6. The summed E-state index contributed by atoms with van der Waals surface area (Å²) in [5.74, 6) is -0.911. The molecule has 1 aromatic rings. The van der Waals surface area contributed by atoms with Gasteiger partial charge >= 0.3 is 12.0 Å². The third kappa shape index (κ3) is 8.26. The molecule has 1 rings (SSSR count). The fourth-order valence-electron chi connectivity index (χ4n) is 1.81. The molecule has 6 heteroatoms. The summed E-state index contributed by atoms with van der Waals surface area (Å²) in [5.41, 5.74) is 1.25. The molecular formula is C16H24N2O4. The highest BCUT2D eigenvalue weighted by Crippen LogP contribution is 1.99. The van der Waals surface area contributed by atoms with E-state index in [0.29, 0.717) is 19.8 Å². The van der Waals surface area contributed by atoms with E-state index in [1.165, 1.54) is 10.5 Å². The molecule has 0 bridgehead atoms. The number of carboxylic acid groups (broad SMARTS) is 1. The van der Waals surface area contributed by atoms with Crippen molar-refractivity contribution in [3.8, 4) is 0 Å². The van der Waals surface area contributed by atoms with Crippen LogP contribution in [0.25, 0.3) is 0 Å². The number of urea groups is 1. The summed E-state index contributed by atoms with van der Waals surface area (Å²) in [6.07, 6.45) is 1.56. The molecule has 0 spiro atoms. The summed E-state index contributed by atoms with van der Waals surface area (Å²) in [5, 5.41) is 11.3. The lowest BCUT2D eigenvalue weighted by Gasteiger charge is -2.16. The van der Waals surface area contributed by atoms with Gasteiger partial charge in [0, 0.05) is 26.7 Å². The van der Waals surface area contributed by atoms with Gasteiger partial charge in [0.1, 0.15) is 0 Å². The van der Waals surface area contributed by atoms with Crippen LogP contribution < -0.4 is 5.32 Å². The van der Waals surface area contributed by atoms with Crippen LogP contribution in [0.3, 0.4) is 0 Å². The van der Waals surface area contributed by atoms with Crippen molar-refractivity contribution in [2.75, 3.05) is 33.4 Å². The van der Waals surface area contributed by atoms with Crippen LogP contribution in [0.5, 0.6) is 0 Å². The van der Waals surface area contributed by atoms with Gasteiger partial charge in [-0.05, 0) is 18.4 Å². The molecule has 1 aromatic carbocycles. The van der Waals surface area contributed by atoms with Crippen LogP contribution in [0.15, 0.2) is 30.3 Å². The number of benzene rings is 1. The van der Waals surface area contributed by atoms with Crippen LogP contribution in [0, 0.1) is 0 Å². The summed E-state index contributed by atoms with van der Waals surface area (Å²) in [7, 11) is 1.58. The Morgan fingerprint density at radius 1 is 1.23 bits per heavy atom. The van der Waals surface area contributed by atoms with Crippen LogP contribution >= 0.6 is 0 Å². The number of hydrogen-bond acceptors (Lipinski definition) is 3. The second kappa shape index (κ2) is 10.6. The smallest absolute Gasteiger partial charge is 0.317 e. The molecule has 2 N–H and O–H groups in total. The number of carbonyl (C=O) groups is 2. The molecular weight excluding hydrogens is 284 g/mol. The van der Waals surface area contributed by atoms with E-state index < -0.39 is 5.97 Å². The maximum atomic E-state index is 11.6.